The van der Waals surface area contributed by atoms with Gasteiger partial charge < -0.3 is 4.74 Å². The van der Waals surface area contributed by atoms with Gasteiger partial charge in [0.15, 0.2) is 0 Å². The number of sulfonamides is 1. The van der Waals surface area contributed by atoms with E-state index in [0.717, 1.165) is 13.1 Å². The molecule has 1 aromatic heterocycles. The second-order valence-corrected chi connectivity index (χ2v) is 7.93. The summed E-state index contributed by atoms with van der Waals surface area (Å²) in [5.41, 5.74) is 0.587. The number of rotatable bonds is 6. The molecule has 0 spiro atoms. The van der Waals surface area contributed by atoms with Crippen LogP contribution >= 0.6 is 0 Å². The van der Waals surface area contributed by atoms with Crippen molar-refractivity contribution in [3.05, 3.63) is 30.6 Å². The topological polar surface area (TPSA) is 102 Å². The van der Waals surface area contributed by atoms with Crippen LogP contribution < -0.4 is 4.72 Å². The maximum absolute atomic E-state index is 12.5. The molecule has 9 nitrogen and oxygen atoms in total. The molecule has 0 saturated carbocycles. The van der Waals surface area contributed by atoms with Crippen molar-refractivity contribution < 1.29 is 13.2 Å². The van der Waals surface area contributed by atoms with E-state index >= 15 is 0 Å². The second-order valence-electron chi connectivity index (χ2n) is 6.17. The number of tetrazole rings is 1. The lowest BCUT2D eigenvalue weighted by Gasteiger charge is -2.35. The fraction of sp³-hybridized carbons (Fsp3) is 0.533. The van der Waals surface area contributed by atoms with Crippen LogP contribution in [0.5, 0.6) is 0 Å². The molecule has 25 heavy (non-hydrogen) atoms. The molecule has 0 amide bonds. The van der Waals surface area contributed by atoms with Crippen LogP contribution in [0.25, 0.3) is 5.69 Å². The summed E-state index contributed by atoms with van der Waals surface area (Å²) in [7, 11) is -3.59. The van der Waals surface area contributed by atoms with E-state index in [-0.39, 0.29) is 17.1 Å². The zero-order chi connectivity index (χ0) is 17.9. The van der Waals surface area contributed by atoms with E-state index in [1.807, 2.05) is 13.8 Å². The third-order valence-corrected chi connectivity index (χ3v) is 5.42. The summed E-state index contributed by atoms with van der Waals surface area (Å²) in [6.07, 6.45) is 1.74. The Bertz CT molecular complexity index is 785. The number of morpholine rings is 1. The standard InChI is InChI=1S/C15H22N6O3S/c1-12-9-20(10-13(2)24-12)7-6-17-25(22,23)15-5-3-4-14(8-15)21-11-16-18-19-21/h3-5,8,11-13,17H,6-7,9-10H2,1-2H3. The zero-order valence-corrected chi connectivity index (χ0v) is 15.1. The summed E-state index contributed by atoms with van der Waals surface area (Å²) >= 11 is 0. The molecule has 1 aromatic carbocycles. The van der Waals surface area contributed by atoms with E-state index in [1.54, 1.807) is 18.2 Å². The summed E-state index contributed by atoms with van der Waals surface area (Å²) < 4.78 is 34.8. The lowest BCUT2D eigenvalue weighted by atomic mass is 10.2. The first-order valence-electron chi connectivity index (χ1n) is 8.15. The number of hydrogen-bond acceptors (Lipinski definition) is 7. The zero-order valence-electron chi connectivity index (χ0n) is 14.2. The summed E-state index contributed by atoms with van der Waals surface area (Å²) in [6, 6.07) is 6.50. The molecule has 136 valence electrons. The van der Waals surface area contributed by atoms with Gasteiger partial charge in [0.1, 0.15) is 6.33 Å². The van der Waals surface area contributed by atoms with Gasteiger partial charge >= 0.3 is 0 Å². The van der Waals surface area contributed by atoms with E-state index in [9.17, 15) is 8.42 Å². The van der Waals surface area contributed by atoms with Crippen LogP contribution in [0.4, 0.5) is 0 Å². The summed E-state index contributed by atoms with van der Waals surface area (Å²) in [5.74, 6) is 0. The van der Waals surface area contributed by atoms with Crippen LogP contribution in [0.1, 0.15) is 13.8 Å². The van der Waals surface area contributed by atoms with Crippen molar-refractivity contribution in [3.8, 4) is 5.69 Å². The molecule has 1 fully saturated rings. The van der Waals surface area contributed by atoms with Gasteiger partial charge in [-0.2, -0.15) is 0 Å². The van der Waals surface area contributed by atoms with E-state index < -0.39 is 10.0 Å². The van der Waals surface area contributed by atoms with E-state index in [1.165, 1.54) is 17.1 Å². The largest absolute Gasteiger partial charge is 0.373 e. The van der Waals surface area contributed by atoms with Crippen LogP contribution in [0.3, 0.4) is 0 Å². The third-order valence-electron chi connectivity index (χ3n) is 3.96. The first-order valence-corrected chi connectivity index (χ1v) is 9.63. The Labute approximate surface area is 147 Å². The van der Waals surface area contributed by atoms with Crippen LogP contribution in [-0.2, 0) is 14.8 Å². The van der Waals surface area contributed by atoms with Crippen molar-refractivity contribution in [3.63, 3.8) is 0 Å². The minimum Gasteiger partial charge on any atom is -0.373 e. The number of nitrogens with zero attached hydrogens (tertiary/aromatic N) is 5. The van der Waals surface area contributed by atoms with E-state index in [4.69, 9.17) is 4.74 Å². The number of nitrogens with one attached hydrogen (secondary N) is 1. The maximum Gasteiger partial charge on any atom is 0.240 e. The molecule has 2 heterocycles. The van der Waals surface area contributed by atoms with Gasteiger partial charge in [0.2, 0.25) is 10.0 Å². The van der Waals surface area contributed by atoms with Gasteiger partial charge in [-0.05, 0) is 42.5 Å². The predicted molar refractivity (Wildman–Crippen MR) is 90.8 cm³/mol. The summed E-state index contributed by atoms with van der Waals surface area (Å²) in [4.78, 5) is 2.39. The van der Waals surface area contributed by atoms with E-state index in [2.05, 4.69) is 25.1 Å². The smallest absolute Gasteiger partial charge is 0.240 e. The average Bonchev–Trinajstić information content (AvgIpc) is 3.08. The van der Waals surface area contributed by atoms with Gasteiger partial charge in [-0.15, -0.1) is 5.10 Å². The van der Waals surface area contributed by atoms with Gasteiger partial charge in [0.25, 0.3) is 0 Å². The lowest BCUT2D eigenvalue weighted by Crippen LogP contribution is -2.47. The maximum atomic E-state index is 12.5. The first-order chi connectivity index (χ1) is 11.9. The molecule has 0 bridgehead atoms. The molecule has 0 radical (unpaired) electrons. The van der Waals surface area contributed by atoms with Crippen molar-refractivity contribution in [1.29, 1.82) is 0 Å². The minimum absolute atomic E-state index is 0.160. The molecule has 1 aliphatic rings. The van der Waals surface area contributed by atoms with Crippen LogP contribution in [0.2, 0.25) is 0 Å². The van der Waals surface area contributed by atoms with Crippen LogP contribution in [0.15, 0.2) is 35.5 Å². The fourth-order valence-electron chi connectivity index (χ4n) is 2.96. The van der Waals surface area contributed by atoms with Crippen molar-refractivity contribution >= 4 is 10.0 Å². The van der Waals surface area contributed by atoms with Crippen molar-refractivity contribution in [1.82, 2.24) is 29.8 Å². The predicted octanol–water partition coefficient (Wildman–Crippen LogP) is 0.0498. The second kappa shape index (κ2) is 7.56. The highest BCUT2D eigenvalue weighted by Gasteiger charge is 2.22. The molecule has 1 saturated heterocycles. The average molecular weight is 366 g/mol. The van der Waals surface area contributed by atoms with Crippen molar-refractivity contribution in [2.45, 2.75) is 31.0 Å². The third kappa shape index (κ3) is 4.60. The van der Waals surface area contributed by atoms with Gasteiger partial charge in [-0.25, -0.2) is 17.8 Å². The number of ether oxygens (including phenoxy) is 1. The Morgan fingerprint density at radius 3 is 2.72 bits per heavy atom. The van der Waals surface area contributed by atoms with E-state index in [0.29, 0.717) is 18.8 Å². The highest BCUT2D eigenvalue weighted by molar-refractivity contribution is 7.89. The molecule has 1 aliphatic heterocycles. The Morgan fingerprint density at radius 1 is 1.28 bits per heavy atom. The highest BCUT2D eigenvalue weighted by Crippen LogP contribution is 2.14. The highest BCUT2D eigenvalue weighted by atomic mass is 32.2. The molecule has 2 atom stereocenters. The van der Waals surface area contributed by atoms with Gasteiger partial charge in [0, 0.05) is 26.2 Å². The molecule has 2 unspecified atom stereocenters. The molecular weight excluding hydrogens is 344 g/mol. The Balaban J connectivity index is 1.61. The van der Waals surface area contributed by atoms with Gasteiger partial charge in [-0.1, -0.05) is 6.07 Å². The minimum atomic E-state index is -3.59. The lowest BCUT2D eigenvalue weighted by molar-refractivity contribution is -0.0671. The number of benzene rings is 1. The normalized spacial score (nSPS) is 22.2. The van der Waals surface area contributed by atoms with Crippen molar-refractivity contribution in [2.24, 2.45) is 0 Å². The first kappa shape index (κ1) is 17.9. The Morgan fingerprint density at radius 2 is 2.04 bits per heavy atom. The summed E-state index contributed by atoms with van der Waals surface area (Å²) in [5, 5.41) is 10.9. The van der Waals surface area contributed by atoms with Gasteiger partial charge in [-0.3, -0.25) is 4.90 Å². The number of aromatic nitrogens is 4. The Hall–Kier alpha value is -1.88. The summed E-state index contributed by atoms with van der Waals surface area (Å²) in [6.45, 7) is 6.65. The molecule has 0 aliphatic carbocycles. The Kier molecular flexibility index (Phi) is 5.42. The SMILES string of the molecule is CC1CN(CCNS(=O)(=O)c2cccc(-n3cnnn3)c2)CC(C)O1. The van der Waals surface area contributed by atoms with Crippen molar-refractivity contribution in [2.75, 3.05) is 26.2 Å². The molecule has 1 N–H and O–H groups in total. The quantitative estimate of drug-likeness (QED) is 0.770. The van der Waals surface area contributed by atoms with Crippen LogP contribution in [0, 0.1) is 0 Å². The fourth-order valence-corrected chi connectivity index (χ4v) is 4.02. The molecule has 3 rings (SSSR count). The molecule has 10 heteroatoms. The molecule has 2 aromatic rings. The van der Waals surface area contributed by atoms with Crippen LogP contribution in [-0.4, -0.2) is 71.9 Å². The monoisotopic (exact) mass is 366 g/mol. The molecular formula is C15H22N6O3S. The number of hydrogen-bond donors (Lipinski definition) is 1. The van der Waals surface area contributed by atoms with Gasteiger partial charge in [0.05, 0.1) is 22.8 Å².